The molecule has 1 fully saturated rings. The number of halogens is 7. The molecule has 0 bridgehead atoms. The minimum atomic E-state index is -10.0. The maximum atomic E-state index is 14.1. The lowest BCUT2D eigenvalue weighted by Crippen LogP contribution is -2.60. The molecule has 15 heteroatoms. The van der Waals surface area contributed by atoms with Crippen molar-refractivity contribution in [2.45, 2.75) is 41.9 Å². The van der Waals surface area contributed by atoms with E-state index in [1.54, 1.807) is 0 Å². The molecule has 2 heterocycles. The normalized spacial score (nSPS) is 19.5. The summed E-state index contributed by atoms with van der Waals surface area (Å²) in [6.45, 7) is 1.89. The summed E-state index contributed by atoms with van der Waals surface area (Å²) in [7, 11) is -10.0. The van der Waals surface area contributed by atoms with Crippen molar-refractivity contribution in [3.63, 3.8) is 0 Å². The van der Waals surface area contributed by atoms with Gasteiger partial charge in [-0.15, -0.1) is 0 Å². The fourth-order valence-corrected chi connectivity index (χ4v) is 4.38. The second-order valence-corrected chi connectivity index (χ2v) is 10.8. The van der Waals surface area contributed by atoms with Gasteiger partial charge < -0.3 is 10.1 Å². The second kappa shape index (κ2) is 8.82. The molecule has 0 radical (unpaired) electrons. The number of anilines is 1. The molecule has 2 atom stereocenters. The smallest absolute Gasteiger partial charge is 0.310 e. The Hall–Kier alpha value is -2.58. The maximum Gasteiger partial charge on any atom is 0.310 e. The van der Waals surface area contributed by atoms with Crippen LogP contribution < -0.4 is 10.2 Å². The number of aromatic nitrogens is 2. The molecule has 1 aliphatic heterocycles. The summed E-state index contributed by atoms with van der Waals surface area (Å²) in [4.78, 5) is 32.3. The van der Waals surface area contributed by atoms with E-state index in [-0.39, 0.29) is 23.7 Å². The van der Waals surface area contributed by atoms with Gasteiger partial charge in [-0.2, -0.15) is 0 Å². The van der Waals surface area contributed by atoms with Crippen LogP contribution in [-0.2, 0) is 19.9 Å². The van der Waals surface area contributed by atoms with Gasteiger partial charge in [0.2, 0.25) is 0 Å². The van der Waals surface area contributed by atoms with Crippen molar-refractivity contribution >= 4 is 39.3 Å². The molecule has 3 rings (SSSR count). The summed E-state index contributed by atoms with van der Waals surface area (Å²) in [6, 6.07) is 0.792. The lowest BCUT2D eigenvalue weighted by Gasteiger charge is -2.42. The van der Waals surface area contributed by atoms with Gasteiger partial charge in [0.25, 0.3) is 17.4 Å². The SMILES string of the molecule is C[C@@](C(=O)NC1CCOCC1)(c1cncnc1)N(C(=O)[C@H](F)Cl)c1ccc(S(F)(F)(F)(F)F)cc1. The summed E-state index contributed by atoms with van der Waals surface area (Å²) in [5, 5.41) is 2.72. The van der Waals surface area contributed by atoms with Gasteiger partial charge in [0.15, 0.2) is 5.54 Å². The van der Waals surface area contributed by atoms with Gasteiger partial charge in [-0.25, -0.2) is 14.4 Å². The highest BCUT2D eigenvalue weighted by atomic mass is 35.5. The molecule has 35 heavy (non-hydrogen) atoms. The molecule has 1 aromatic carbocycles. The summed E-state index contributed by atoms with van der Waals surface area (Å²) >= 11 is 5.38. The van der Waals surface area contributed by atoms with Crippen molar-refractivity contribution in [2.75, 3.05) is 18.1 Å². The summed E-state index contributed by atoms with van der Waals surface area (Å²) in [5.41, 5.74) is -5.37. The minimum absolute atomic E-state index is 0.0352. The largest absolute Gasteiger partial charge is 0.381 e. The number of benzene rings is 1. The monoisotopic (exact) mass is 546 g/mol. The molecule has 0 saturated carbocycles. The van der Waals surface area contributed by atoms with E-state index in [0.29, 0.717) is 43.1 Å². The van der Waals surface area contributed by atoms with Crippen molar-refractivity contribution in [1.82, 2.24) is 15.3 Å². The van der Waals surface area contributed by atoms with Crippen molar-refractivity contribution in [3.05, 3.63) is 48.5 Å². The van der Waals surface area contributed by atoms with Crippen LogP contribution in [0, 0.1) is 0 Å². The molecule has 1 aromatic heterocycles. The van der Waals surface area contributed by atoms with E-state index in [4.69, 9.17) is 16.3 Å². The van der Waals surface area contributed by atoms with E-state index < -0.39 is 43.8 Å². The first-order valence-corrected chi connectivity index (χ1v) is 12.5. The lowest BCUT2D eigenvalue weighted by molar-refractivity contribution is -0.132. The Morgan fingerprint density at radius 3 is 2.14 bits per heavy atom. The molecular weight excluding hydrogens is 526 g/mol. The number of ether oxygens (including phenoxy) is 1. The highest BCUT2D eigenvalue weighted by Crippen LogP contribution is 3.02. The van der Waals surface area contributed by atoms with E-state index in [9.17, 15) is 33.4 Å². The first-order valence-electron chi connectivity index (χ1n) is 10.1. The van der Waals surface area contributed by atoms with E-state index in [0.717, 1.165) is 18.7 Å². The van der Waals surface area contributed by atoms with Gasteiger partial charge in [0.05, 0.1) is 0 Å². The van der Waals surface area contributed by atoms with Gasteiger partial charge in [-0.1, -0.05) is 31.0 Å². The van der Waals surface area contributed by atoms with Crippen LogP contribution in [0.3, 0.4) is 0 Å². The van der Waals surface area contributed by atoms with Crippen LogP contribution in [0.1, 0.15) is 25.3 Å². The molecule has 1 saturated heterocycles. The average molecular weight is 547 g/mol. The Kier molecular flexibility index (Phi) is 6.81. The molecule has 1 aliphatic rings. The summed E-state index contributed by atoms with van der Waals surface area (Å²) < 4.78 is 85.3. The van der Waals surface area contributed by atoms with E-state index >= 15 is 0 Å². The lowest BCUT2D eigenvalue weighted by atomic mass is 9.89. The predicted octanol–water partition coefficient (Wildman–Crippen LogP) is 5.21. The van der Waals surface area contributed by atoms with Crippen molar-refractivity contribution in [3.8, 4) is 0 Å². The Morgan fingerprint density at radius 2 is 1.66 bits per heavy atom. The van der Waals surface area contributed by atoms with Crippen LogP contribution in [0.5, 0.6) is 0 Å². The van der Waals surface area contributed by atoms with Crippen molar-refractivity contribution < 1.29 is 38.1 Å². The molecule has 7 nitrogen and oxygen atoms in total. The third-order valence-electron chi connectivity index (χ3n) is 5.52. The number of hydrogen-bond donors (Lipinski definition) is 1. The quantitative estimate of drug-likeness (QED) is 0.381. The number of alkyl halides is 2. The van der Waals surface area contributed by atoms with Crippen LogP contribution in [0.15, 0.2) is 47.9 Å². The molecule has 2 amide bonds. The zero-order valence-corrected chi connectivity index (χ0v) is 19.7. The topological polar surface area (TPSA) is 84.4 Å². The van der Waals surface area contributed by atoms with Crippen LogP contribution in [0.4, 0.5) is 29.5 Å². The van der Waals surface area contributed by atoms with Gasteiger partial charge in [-0.3, -0.25) is 14.5 Å². The Bertz CT molecular complexity index is 1090. The Balaban J connectivity index is 2.15. The number of carbonyl (C=O) groups excluding carboxylic acids is 2. The highest BCUT2D eigenvalue weighted by Gasteiger charge is 2.65. The van der Waals surface area contributed by atoms with E-state index in [2.05, 4.69) is 15.3 Å². The van der Waals surface area contributed by atoms with Gasteiger partial charge >= 0.3 is 10.2 Å². The number of hydrogen-bond acceptors (Lipinski definition) is 5. The van der Waals surface area contributed by atoms with Gasteiger partial charge in [0.1, 0.15) is 11.2 Å². The molecule has 194 valence electrons. The molecule has 1 N–H and O–H groups in total. The summed E-state index contributed by atoms with van der Waals surface area (Å²) in [5.74, 6) is -2.36. The van der Waals surface area contributed by atoms with Crippen molar-refractivity contribution in [2.24, 2.45) is 0 Å². The van der Waals surface area contributed by atoms with Gasteiger partial charge in [0, 0.05) is 42.9 Å². The number of nitrogens with zero attached hydrogens (tertiary/aromatic N) is 3. The standard InChI is InChI=1S/C20H21ClF6N4O3S/c1-20(13-10-28-12-29-11-13,19(33)30-14-6-8-34-9-7-14)31(18(32)17(21)22)15-2-4-16(5-3-15)35(23,24,25,26)27/h2-5,10-12,14,17H,6-9H2,1H3,(H,30,33)/t17-,20-/m0/s1. The van der Waals surface area contributed by atoms with Crippen molar-refractivity contribution in [1.29, 1.82) is 0 Å². The third-order valence-corrected chi connectivity index (χ3v) is 6.87. The highest BCUT2D eigenvalue weighted by molar-refractivity contribution is 8.45. The van der Waals surface area contributed by atoms with Crippen LogP contribution in [0.2, 0.25) is 0 Å². The number of carbonyl (C=O) groups is 2. The maximum absolute atomic E-state index is 14.1. The zero-order chi connectivity index (χ0) is 26.1. The van der Waals surface area contributed by atoms with Crippen LogP contribution >= 0.6 is 21.8 Å². The molecule has 2 aromatic rings. The fourth-order valence-electron chi connectivity index (χ4n) is 3.64. The third kappa shape index (κ3) is 5.98. The van der Waals surface area contributed by atoms with Gasteiger partial charge in [-0.05, 0) is 44.0 Å². The average Bonchev–Trinajstić information content (AvgIpc) is 2.79. The van der Waals surface area contributed by atoms with E-state index in [1.165, 1.54) is 6.92 Å². The minimum Gasteiger partial charge on any atom is -0.381 e. The molecule has 0 unspecified atom stereocenters. The number of amides is 2. The van der Waals surface area contributed by atoms with E-state index in [1.807, 2.05) is 0 Å². The fraction of sp³-hybridized carbons (Fsp3) is 0.400. The zero-order valence-electron chi connectivity index (χ0n) is 18.1. The van der Waals surface area contributed by atoms with Crippen LogP contribution in [0.25, 0.3) is 0 Å². The van der Waals surface area contributed by atoms with Crippen LogP contribution in [-0.4, -0.2) is 46.7 Å². The number of nitrogens with one attached hydrogen (secondary N) is 1. The second-order valence-electron chi connectivity index (χ2n) is 8.00. The molecular formula is C20H21ClF6N4O3S. The number of rotatable bonds is 7. The molecule has 0 aliphatic carbocycles. The molecule has 0 spiro atoms. The Labute approximate surface area is 201 Å². The Morgan fingerprint density at radius 1 is 1.11 bits per heavy atom. The first-order chi connectivity index (χ1) is 16.0. The first kappa shape index (κ1) is 27.0. The predicted molar refractivity (Wildman–Crippen MR) is 117 cm³/mol. The summed E-state index contributed by atoms with van der Waals surface area (Å²) in [6.07, 6.45) is 4.29.